The van der Waals surface area contributed by atoms with Crippen LogP contribution in [0.25, 0.3) is 0 Å². The number of aromatic nitrogens is 2. The van der Waals surface area contributed by atoms with E-state index in [2.05, 4.69) is 25.9 Å². The second-order valence-corrected chi connectivity index (χ2v) is 5.12. The van der Waals surface area contributed by atoms with Gasteiger partial charge in [-0.25, -0.2) is 14.4 Å². The third-order valence-electron chi connectivity index (χ3n) is 2.74. The summed E-state index contributed by atoms with van der Waals surface area (Å²) in [5.74, 6) is 1.39. The van der Waals surface area contributed by atoms with Crippen molar-refractivity contribution in [2.45, 2.75) is 19.9 Å². The van der Waals surface area contributed by atoms with Crippen molar-refractivity contribution in [1.82, 2.24) is 9.97 Å². The first-order chi connectivity index (χ1) is 9.08. The van der Waals surface area contributed by atoms with Crippen LogP contribution >= 0.6 is 15.9 Å². The Morgan fingerprint density at radius 1 is 1.26 bits per heavy atom. The monoisotopic (exact) mass is 323 g/mol. The van der Waals surface area contributed by atoms with E-state index in [0.29, 0.717) is 6.54 Å². The Morgan fingerprint density at radius 3 is 2.74 bits per heavy atom. The number of rotatable bonds is 4. The second kappa shape index (κ2) is 6.10. The number of halogens is 2. The molecule has 0 aliphatic carbocycles. The van der Waals surface area contributed by atoms with Crippen LogP contribution in [0.3, 0.4) is 0 Å². The van der Waals surface area contributed by atoms with Gasteiger partial charge in [-0.2, -0.15) is 0 Å². The highest BCUT2D eigenvalue weighted by Crippen LogP contribution is 2.18. The Bertz CT molecular complexity index is 574. The molecule has 5 heteroatoms. The van der Waals surface area contributed by atoms with Crippen molar-refractivity contribution >= 4 is 21.7 Å². The molecular weight excluding hydrogens is 309 g/mol. The highest BCUT2D eigenvalue weighted by atomic mass is 79.9. The summed E-state index contributed by atoms with van der Waals surface area (Å²) in [6.07, 6.45) is 0.778. The molecule has 1 heterocycles. The van der Waals surface area contributed by atoms with Gasteiger partial charge in [-0.3, -0.25) is 0 Å². The molecule has 0 saturated heterocycles. The Hall–Kier alpha value is -1.49. The number of anilines is 1. The van der Waals surface area contributed by atoms with Gasteiger partial charge in [0.15, 0.2) is 0 Å². The molecule has 0 aliphatic heterocycles. The quantitative estimate of drug-likeness (QED) is 0.805. The summed E-state index contributed by atoms with van der Waals surface area (Å²) in [5, 5.41) is 0. The van der Waals surface area contributed by atoms with E-state index in [1.807, 2.05) is 31.0 Å². The van der Waals surface area contributed by atoms with Crippen LogP contribution in [-0.4, -0.2) is 17.0 Å². The fourth-order valence-electron chi connectivity index (χ4n) is 1.80. The molecule has 0 spiro atoms. The van der Waals surface area contributed by atoms with Crippen molar-refractivity contribution < 1.29 is 4.39 Å². The second-order valence-electron chi connectivity index (χ2n) is 4.30. The molecule has 3 nitrogen and oxygen atoms in total. The van der Waals surface area contributed by atoms with Gasteiger partial charge in [0.25, 0.3) is 0 Å². The van der Waals surface area contributed by atoms with Gasteiger partial charge in [0.1, 0.15) is 22.1 Å². The Balaban J connectivity index is 2.20. The SMILES string of the molecule is CCc1nc(Br)cc(N(C)Cc2cccc(F)c2)n1. The lowest BCUT2D eigenvalue weighted by molar-refractivity contribution is 0.625. The van der Waals surface area contributed by atoms with Crippen molar-refractivity contribution in [2.75, 3.05) is 11.9 Å². The summed E-state index contributed by atoms with van der Waals surface area (Å²) in [6, 6.07) is 8.45. The van der Waals surface area contributed by atoms with E-state index in [-0.39, 0.29) is 5.82 Å². The fourth-order valence-corrected chi connectivity index (χ4v) is 2.20. The number of hydrogen-bond acceptors (Lipinski definition) is 3. The normalized spacial score (nSPS) is 10.5. The first-order valence-electron chi connectivity index (χ1n) is 6.07. The third kappa shape index (κ3) is 3.73. The first-order valence-corrected chi connectivity index (χ1v) is 6.87. The average Bonchev–Trinajstić information content (AvgIpc) is 2.38. The van der Waals surface area contributed by atoms with Crippen LogP contribution in [-0.2, 0) is 13.0 Å². The maximum Gasteiger partial charge on any atom is 0.133 e. The number of nitrogens with zero attached hydrogens (tertiary/aromatic N) is 3. The van der Waals surface area contributed by atoms with Gasteiger partial charge in [0, 0.05) is 26.1 Å². The Labute approximate surface area is 120 Å². The molecule has 1 aromatic heterocycles. The highest BCUT2D eigenvalue weighted by molar-refractivity contribution is 9.10. The number of hydrogen-bond donors (Lipinski definition) is 0. The van der Waals surface area contributed by atoms with Crippen molar-refractivity contribution in [1.29, 1.82) is 0 Å². The van der Waals surface area contributed by atoms with E-state index in [4.69, 9.17) is 0 Å². The predicted molar refractivity (Wildman–Crippen MR) is 77.6 cm³/mol. The molecule has 2 aromatic rings. The molecule has 0 unspecified atom stereocenters. The van der Waals surface area contributed by atoms with Crippen LogP contribution < -0.4 is 4.90 Å². The van der Waals surface area contributed by atoms with Crippen molar-refractivity contribution in [3.63, 3.8) is 0 Å². The van der Waals surface area contributed by atoms with Gasteiger partial charge in [0.2, 0.25) is 0 Å². The zero-order valence-corrected chi connectivity index (χ0v) is 12.5. The number of aryl methyl sites for hydroxylation is 1. The molecule has 0 saturated carbocycles. The average molecular weight is 324 g/mol. The van der Waals surface area contributed by atoms with Crippen LogP contribution in [0.5, 0.6) is 0 Å². The van der Waals surface area contributed by atoms with Gasteiger partial charge in [-0.15, -0.1) is 0 Å². The molecule has 19 heavy (non-hydrogen) atoms. The maximum absolute atomic E-state index is 13.2. The standard InChI is InChI=1S/C14H15BrFN3/c1-3-13-17-12(15)8-14(18-13)19(2)9-10-5-4-6-11(16)7-10/h4-8H,3,9H2,1-2H3. The zero-order chi connectivity index (χ0) is 13.8. The molecule has 0 atom stereocenters. The van der Waals surface area contributed by atoms with Crippen LogP contribution in [0.1, 0.15) is 18.3 Å². The van der Waals surface area contributed by atoms with Crippen molar-refractivity contribution in [3.05, 3.63) is 52.1 Å². The highest BCUT2D eigenvalue weighted by Gasteiger charge is 2.07. The van der Waals surface area contributed by atoms with Gasteiger partial charge in [0.05, 0.1) is 0 Å². The maximum atomic E-state index is 13.2. The predicted octanol–water partition coefficient (Wildman–Crippen LogP) is 3.58. The lowest BCUT2D eigenvalue weighted by Crippen LogP contribution is -2.18. The minimum Gasteiger partial charge on any atom is -0.355 e. The molecule has 0 amide bonds. The summed E-state index contributed by atoms with van der Waals surface area (Å²) in [4.78, 5) is 10.7. The molecule has 0 radical (unpaired) electrons. The summed E-state index contributed by atoms with van der Waals surface area (Å²) in [5.41, 5.74) is 0.912. The van der Waals surface area contributed by atoms with Gasteiger partial charge < -0.3 is 4.90 Å². The van der Waals surface area contributed by atoms with Gasteiger partial charge >= 0.3 is 0 Å². The first kappa shape index (κ1) is 13.9. The molecule has 0 N–H and O–H groups in total. The van der Waals surface area contributed by atoms with Crippen LogP contribution in [0.4, 0.5) is 10.2 Å². The van der Waals surface area contributed by atoms with Gasteiger partial charge in [-0.1, -0.05) is 19.1 Å². The molecule has 100 valence electrons. The minimum atomic E-state index is -0.219. The summed E-state index contributed by atoms with van der Waals surface area (Å²) in [7, 11) is 1.93. The molecule has 1 aromatic carbocycles. The van der Waals surface area contributed by atoms with E-state index in [0.717, 1.165) is 28.2 Å². The smallest absolute Gasteiger partial charge is 0.133 e. The van der Waals surface area contributed by atoms with E-state index in [9.17, 15) is 4.39 Å². The minimum absolute atomic E-state index is 0.219. The van der Waals surface area contributed by atoms with Crippen LogP contribution in [0, 0.1) is 5.82 Å². The topological polar surface area (TPSA) is 29.0 Å². The fraction of sp³-hybridized carbons (Fsp3) is 0.286. The van der Waals surface area contributed by atoms with Crippen molar-refractivity contribution in [2.24, 2.45) is 0 Å². The molecular formula is C14H15BrFN3. The van der Waals surface area contributed by atoms with Crippen molar-refractivity contribution in [3.8, 4) is 0 Å². The summed E-state index contributed by atoms with van der Waals surface area (Å²) in [6.45, 7) is 2.61. The van der Waals surface area contributed by atoms with Gasteiger partial charge in [-0.05, 0) is 33.6 Å². The molecule has 2 rings (SSSR count). The lowest BCUT2D eigenvalue weighted by Gasteiger charge is -2.19. The zero-order valence-electron chi connectivity index (χ0n) is 10.9. The van der Waals surface area contributed by atoms with E-state index < -0.39 is 0 Å². The summed E-state index contributed by atoms with van der Waals surface area (Å²) >= 11 is 3.38. The molecule has 0 aliphatic rings. The summed E-state index contributed by atoms with van der Waals surface area (Å²) < 4.78 is 13.9. The van der Waals surface area contributed by atoms with Crippen LogP contribution in [0.2, 0.25) is 0 Å². The van der Waals surface area contributed by atoms with Crippen LogP contribution in [0.15, 0.2) is 34.9 Å². The number of benzene rings is 1. The molecule has 0 bridgehead atoms. The Morgan fingerprint density at radius 2 is 2.05 bits per heavy atom. The van der Waals surface area contributed by atoms with E-state index in [1.165, 1.54) is 12.1 Å². The largest absolute Gasteiger partial charge is 0.355 e. The van der Waals surface area contributed by atoms with E-state index in [1.54, 1.807) is 6.07 Å². The third-order valence-corrected chi connectivity index (χ3v) is 3.15. The van der Waals surface area contributed by atoms with E-state index >= 15 is 0 Å². The Kier molecular flexibility index (Phi) is 4.47. The lowest BCUT2D eigenvalue weighted by atomic mass is 10.2. The molecule has 0 fully saturated rings.